The van der Waals surface area contributed by atoms with Gasteiger partial charge in [-0.2, -0.15) is 0 Å². The summed E-state index contributed by atoms with van der Waals surface area (Å²) in [4.78, 5) is 0.170. The molecular weight excluding hydrogens is 296 g/mol. The lowest BCUT2D eigenvalue weighted by Gasteiger charge is -2.23. The molecule has 1 aliphatic heterocycles. The molecule has 5 nitrogen and oxygen atoms in total. The molecule has 1 heterocycles. The van der Waals surface area contributed by atoms with Crippen molar-refractivity contribution in [2.75, 3.05) is 13.2 Å². The van der Waals surface area contributed by atoms with Gasteiger partial charge in [-0.15, -0.1) is 0 Å². The van der Waals surface area contributed by atoms with Crippen LogP contribution in [0.5, 0.6) is 0 Å². The summed E-state index contributed by atoms with van der Waals surface area (Å²) in [6, 6.07) is 6.44. The molecule has 2 rings (SSSR count). The molecule has 3 N–H and O–H groups in total. The Kier molecular flexibility index (Phi) is 4.43. The van der Waals surface area contributed by atoms with Gasteiger partial charge in [0, 0.05) is 18.7 Å². The number of sulfonamides is 1. The van der Waals surface area contributed by atoms with Gasteiger partial charge in [0.15, 0.2) is 0 Å². The molecule has 1 unspecified atom stereocenters. The van der Waals surface area contributed by atoms with Gasteiger partial charge in [0.2, 0.25) is 10.0 Å². The maximum atomic E-state index is 12.4. The first kappa shape index (κ1) is 15.4. The van der Waals surface area contributed by atoms with E-state index in [0.717, 1.165) is 12.8 Å². The summed E-state index contributed by atoms with van der Waals surface area (Å²) in [6.45, 7) is 2.81. The van der Waals surface area contributed by atoms with E-state index in [0.29, 0.717) is 12.2 Å². The molecule has 0 saturated carbocycles. The lowest BCUT2D eigenvalue weighted by Crippen LogP contribution is -2.40. The molecular formula is C13H18N2O3S2. The van der Waals surface area contributed by atoms with Crippen molar-refractivity contribution in [2.24, 2.45) is 5.73 Å². The van der Waals surface area contributed by atoms with E-state index in [-0.39, 0.29) is 16.4 Å². The molecule has 0 bridgehead atoms. The van der Waals surface area contributed by atoms with Crippen molar-refractivity contribution < 1.29 is 13.2 Å². The van der Waals surface area contributed by atoms with E-state index in [1.54, 1.807) is 18.2 Å². The summed E-state index contributed by atoms with van der Waals surface area (Å²) in [5.74, 6) is 0. The van der Waals surface area contributed by atoms with Crippen LogP contribution in [0.4, 0.5) is 0 Å². The van der Waals surface area contributed by atoms with Crippen molar-refractivity contribution in [1.29, 1.82) is 0 Å². The van der Waals surface area contributed by atoms with Gasteiger partial charge in [-0.05, 0) is 25.8 Å². The minimum Gasteiger partial charge on any atom is -0.389 e. The fraction of sp³-hybridized carbons (Fsp3) is 0.462. The third-order valence-corrected chi connectivity index (χ3v) is 5.06. The maximum Gasteiger partial charge on any atom is 0.241 e. The van der Waals surface area contributed by atoms with E-state index < -0.39 is 15.6 Å². The SMILES string of the molecule is CC1(CNS(=O)(=O)c2ccccc2C(N)=S)CCCO1. The number of ether oxygens (including phenoxy) is 1. The van der Waals surface area contributed by atoms with E-state index in [2.05, 4.69) is 4.72 Å². The first-order valence-corrected chi connectivity index (χ1v) is 8.26. The third kappa shape index (κ3) is 3.35. The largest absolute Gasteiger partial charge is 0.389 e. The van der Waals surface area contributed by atoms with E-state index >= 15 is 0 Å². The predicted molar refractivity (Wildman–Crippen MR) is 81.1 cm³/mol. The molecule has 0 aromatic heterocycles. The highest BCUT2D eigenvalue weighted by molar-refractivity contribution is 7.89. The minimum atomic E-state index is -3.66. The maximum absolute atomic E-state index is 12.4. The molecule has 0 radical (unpaired) electrons. The highest BCUT2D eigenvalue weighted by Crippen LogP contribution is 2.25. The first-order valence-electron chi connectivity index (χ1n) is 6.37. The Bertz CT molecular complexity index is 608. The number of benzene rings is 1. The molecule has 1 aromatic carbocycles. The minimum absolute atomic E-state index is 0.0642. The monoisotopic (exact) mass is 314 g/mol. The summed E-state index contributed by atoms with van der Waals surface area (Å²) >= 11 is 4.89. The standard InChI is InChI=1S/C13H18N2O3S2/c1-13(7-4-8-18-13)9-15-20(16,17)11-6-3-2-5-10(11)12(14)19/h2-3,5-6,15H,4,7-9H2,1H3,(H2,14,19). The molecule has 0 aliphatic carbocycles. The first-order chi connectivity index (χ1) is 9.34. The molecule has 1 atom stereocenters. The predicted octanol–water partition coefficient (Wildman–Crippen LogP) is 1.17. The molecule has 20 heavy (non-hydrogen) atoms. The van der Waals surface area contributed by atoms with Crippen molar-refractivity contribution in [3.8, 4) is 0 Å². The van der Waals surface area contributed by atoms with Crippen molar-refractivity contribution in [3.63, 3.8) is 0 Å². The van der Waals surface area contributed by atoms with Gasteiger partial charge in [-0.25, -0.2) is 13.1 Å². The lowest BCUT2D eigenvalue weighted by molar-refractivity contribution is 0.0250. The Morgan fingerprint density at radius 2 is 2.20 bits per heavy atom. The fourth-order valence-corrected chi connectivity index (χ4v) is 3.82. The molecule has 1 aliphatic rings. The van der Waals surface area contributed by atoms with Crippen LogP contribution < -0.4 is 10.5 Å². The van der Waals surface area contributed by atoms with E-state index in [9.17, 15) is 8.42 Å². The second-order valence-corrected chi connectivity index (χ2v) is 7.26. The number of hydrogen-bond donors (Lipinski definition) is 2. The van der Waals surface area contributed by atoms with E-state index in [4.69, 9.17) is 22.7 Å². The zero-order valence-electron chi connectivity index (χ0n) is 11.3. The zero-order valence-corrected chi connectivity index (χ0v) is 12.9. The van der Waals surface area contributed by atoms with Gasteiger partial charge >= 0.3 is 0 Å². The van der Waals surface area contributed by atoms with Crippen molar-refractivity contribution in [3.05, 3.63) is 29.8 Å². The summed E-state index contributed by atoms with van der Waals surface area (Å²) in [7, 11) is -3.66. The van der Waals surface area contributed by atoms with Crippen molar-refractivity contribution in [1.82, 2.24) is 4.72 Å². The van der Waals surface area contributed by atoms with Gasteiger partial charge < -0.3 is 10.5 Å². The van der Waals surface area contributed by atoms with Gasteiger partial charge in [0.05, 0.1) is 10.5 Å². The Hall–Kier alpha value is -1.02. The summed E-state index contributed by atoms with van der Waals surface area (Å²) in [5, 5.41) is 0. The molecule has 7 heteroatoms. The molecule has 0 amide bonds. The van der Waals surface area contributed by atoms with E-state index in [1.807, 2.05) is 6.92 Å². The Balaban J connectivity index is 2.20. The summed E-state index contributed by atoms with van der Waals surface area (Å²) < 4.78 is 32.9. The lowest BCUT2D eigenvalue weighted by atomic mass is 10.0. The van der Waals surface area contributed by atoms with Crippen LogP contribution in [0, 0.1) is 0 Å². The molecule has 1 fully saturated rings. The molecule has 110 valence electrons. The second kappa shape index (κ2) is 5.77. The smallest absolute Gasteiger partial charge is 0.241 e. The van der Waals surface area contributed by atoms with Crippen LogP contribution in [-0.4, -0.2) is 32.2 Å². The van der Waals surface area contributed by atoms with Crippen LogP contribution in [-0.2, 0) is 14.8 Å². The van der Waals surface area contributed by atoms with Crippen molar-refractivity contribution >= 4 is 27.2 Å². The van der Waals surface area contributed by atoms with Gasteiger partial charge in [0.1, 0.15) is 4.99 Å². The molecule has 0 spiro atoms. The summed E-state index contributed by atoms with van der Waals surface area (Å²) in [5.41, 5.74) is 5.48. The zero-order chi connectivity index (χ0) is 14.8. The van der Waals surface area contributed by atoms with Gasteiger partial charge in [0.25, 0.3) is 0 Å². The van der Waals surface area contributed by atoms with Crippen molar-refractivity contribution in [2.45, 2.75) is 30.3 Å². The average Bonchev–Trinajstić information content (AvgIpc) is 2.84. The second-order valence-electron chi connectivity index (χ2n) is 5.09. The van der Waals surface area contributed by atoms with E-state index in [1.165, 1.54) is 6.07 Å². The average molecular weight is 314 g/mol. The number of thiocarbonyl (C=S) groups is 1. The summed E-state index contributed by atoms with van der Waals surface area (Å²) in [6.07, 6.45) is 1.79. The number of nitrogens with two attached hydrogens (primary N) is 1. The third-order valence-electron chi connectivity index (χ3n) is 3.38. The van der Waals surface area contributed by atoms with Gasteiger partial charge in [-0.3, -0.25) is 0 Å². The Labute approximate surface area is 124 Å². The normalized spacial score (nSPS) is 22.9. The van der Waals surface area contributed by atoms with Crippen LogP contribution in [0.2, 0.25) is 0 Å². The van der Waals surface area contributed by atoms with Crippen LogP contribution in [0.25, 0.3) is 0 Å². The van der Waals surface area contributed by atoms with Crippen LogP contribution in [0.15, 0.2) is 29.2 Å². The van der Waals surface area contributed by atoms with Crippen LogP contribution in [0.1, 0.15) is 25.3 Å². The molecule has 1 aromatic rings. The highest BCUT2D eigenvalue weighted by atomic mass is 32.2. The Morgan fingerprint density at radius 1 is 1.50 bits per heavy atom. The van der Waals surface area contributed by atoms with Crippen LogP contribution >= 0.6 is 12.2 Å². The highest BCUT2D eigenvalue weighted by Gasteiger charge is 2.32. The van der Waals surface area contributed by atoms with Gasteiger partial charge in [-0.1, -0.05) is 30.4 Å². The Morgan fingerprint density at radius 3 is 2.80 bits per heavy atom. The number of rotatable bonds is 5. The topological polar surface area (TPSA) is 81.4 Å². The number of hydrogen-bond acceptors (Lipinski definition) is 4. The van der Waals surface area contributed by atoms with Crippen LogP contribution in [0.3, 0.4) is 0 Å². The number of nitrogens with one attached hydrogen (secondary N) is 1. The quantitative estimate of drug-likeness (QED) is 0.797. The fourth-order valence-electron chi connectivity index (χ4n) is 2.21. The molecule has 1 saturated heterocycles.